The Morgan fingerprint density at radius 3 is 2.78 bits per heavy atom. The summed E-state index contributed by atoms with van der Waals surface area (Å²) in [7, 11) is 3.26. The first kappa shape index (κ1) is 17.4. The van der Waals surface area contributed by atoms with Gasteiger partial charge in [-0.1, -0.05) is 18.2 Å². The van der Waals surface area contributed by atoms with Crippen molar-refractivity contribution in [2.24, 2.45) is 0 Å². The highest BCUT2D eigenvalue weighted by Gasteiger charge is 2.42. The summed E-state index contributed by atoms with van der Waals surface area (Å²) in [5.74, 6) is -0.955. The van der Waals surface area contributed by atoms with Gasteiger partial charge in [0.15, 0.2) is 0 Å². The van der Waals surface area contributed by atoms with Crippen molar-refractivity contribution in [1.82, 2.24) is 10.2 Å². The molecule has 0 saturated carbocycles. The van der Waals surface area contributed by atoms with Gasteiger partial charge in [-0.3, -0.25) is 9.69 Å². The molecule has 0 spiro atoms. The van der Waals surface area contributed by atoms with Crippen molar-refractivity contribution >= 4 is 11.9 Å². The molecule has 0 unspecified atom stereocenters. The zero-order valence-corrected chi connectivity index (χ0v) is 13.7. The molecule has 6 heteroatoms. The van der Waals surface area contributed by atoms with Crippen LogP contribution in [0.25, 0.3) is 0 Å². The summed E-state index contributed by atoms with van der Waals surface area (Å²) in [6.45, 7) is 1.78. The number of hydrogen-bond donors (Lipinski definition) is 2. The van der Waals surface area contributed by atoms with Gasteiger partial charge in [0.2, 0.25) is 5.91 Å². The molecule has 1 aliphatic heterocycles. The quantitative estimate of drug-likeness (QED) is 0.796. The molecule has 1 atom stereocenters. The van der Waals surface area contributed by atoms with Crippen molar-refractivity contribution in [1.29, 1.82) is 0 Å². The number of ether oxygens (including phenoxy) is 1. The average molecular weight is 320 g/mol. The highest BCUT2D eigenvalue weighted by molar-refractivity contribution is 5.89. The van der Waals surface area contributed by atoms with Gasteiger partial charge in [-0.25, -0.2) is 4.79 Å². The third-order valence-corrected chi connectivity index (χ3v) is 4.53. The summed E-state index contributed by atoms with van der Waals surface area (Å²) in [6, 6.07) is 7.02. The van der Waals surface area contributed by atoms with Crippen molar-refractivity contribution in [3.8, 4) is 0 Å². The van der Waals surface area contributed by atoms with E-state index in [0.717, 1.165) is 24.9 Å². The molecule has 1 aliphatic rings. The fraction of sp³-hybridized carbons (Fsp3) is 0.529. The predicted octanol–water partition coefficient (Wildman–Crippen LogP) is 1.50. The van der Waals surface area contributed by atoms with E-state index < -0.39 is 5.97 Å². The molecule has 1 saturated heterocycles. The van der Waals surface area contributed by atoms with Gasteiger partial charge in [-0.05, 0) is 31.0 Å². The Hall–Kier alpha value is -1.92. The molecule has 6 nitrogen and oxygen atoms in total. The van der Waals surface area contributed by atoms with Crippen molar-refractivity contribution in [2.75, 3.05) is 27.3 Å². The number of carbonyl (C=O) groups is 2. The van der Waals surface area contributed by atoms with Crippen LogP contribution in [0.1, 0.15) is 35.2 Å². The summed E-state index contributed by atoms with van der Waals surface area (Å²) in [4.78, 5) is 25.5. The highest BCUT2D eigenvalue weighted by Crippen LogP contribution is 2.34. The zero-order chi connectivity index (χ0) is 16.9. The van der Waals surface area contributed by atoms with Gasteiger partial charge in [-0.15, -0.1) is 0 Å². The predicted molar refractivity (Wildman–Crippen MR) is 86.3 cm³/mol. The van der Waals surface area contributed by atoms with Crippen molar-refractivity contribution < 1.29 is 19.4 Å². The lowest BCUT2D eigenvalue weighted by Crippen LogP contribution is -2.50. The first-order chi connectivity index (χ1) is 11.0. The Morgan fingerprint density at radius 2 is 2.13 bits per heavy atom. The molecule has 126 valence electrons. The fourth-order valence-electron chi connectivity index (χ4n) is 3.38. The molecular formula is C17H24N2O4. The van der Waals surface area contributed by atoms with E-state index in [1.165, 1.54) is 0 Å². The fourth-order valence-corrected chi connectivity index (χ4v) is 3.38. The molecule has 0 bridgehead atoms. The van der Waals surface area contributed by atoms with Gasteiger partial charge in [0.1, 0.15) is 0 Å². The highest BCUT2D eigenvalue weighted by atomic mass is 16.5. The number of carboxylic acid groups (broad SMARTS) is 1. The van der Waals surface area contributed by atoms with Gasteiger partial charge in [0.05, 0.1) is 17.7 Å². The summed E-state index contributed by atoms with van der Waals surface area (Å²) in [5, 5.41) is 12.0. The van der Waals surface area contributed by atoms with Crippen molar-refractivity contribution in [3.63, 3.8) is 0 Å². The number of hydrogen-bond acceptors (Lipinski definition) is 4. The minimum absolute atomic E-state index is 0.0273. The second-order valence-electron chi connectivity index (χ2n) is 5.99. The second kappa shape index (κ2) is 7.57. The number of benzene rings is 1. The lowest BCUT2D eigenvalue weighted by atomic mass is 9.91. The van der Waals surface area contributed by atoms with Gasteiger partial charge < -0.3 is 15.2 Å². The van der Waals surface area contributed by atoms with Crippen molar-refractivity contribution in [2.45, 2.75) is 31.3 Å². The van der Waals surface area contributed by atoms with E-state index in [-0.39, 0.29) is 11.4 Å². The average Bonchev–Trinajstić information content (AvgIpc) is 2.90. The lowest BCUT2D eigenvalue weighted by Gasteiger charge is -2.38. The standard InChI is InChI=1S/C17H24N2O4/c1-18-15(20)10-17(12-23-2)8-5-9-19(17)11-13-6-3-4-7-14(13)16(21)22/h3-4,6-7H,5,8-12H2,1-2H3,(H,18,20)(H,21,22)/t17-/m1/s1. The van der Waals surface area contributed by atoms with Crippen LogP contribution in [-0.4, -0.2) is 54.7 Å². The minimum atomic E-state index is -0.927. The maximum atomic E-state index is 11.9. The zero-order valence-electron chi connectivity index (χ0n) is 13.7. The maximum Gasteiger partial charge on any atom is 0.336 e. The topological polar surface area (TPSA) is 78.9 Å². The Balaban J connectivity index is 2.26. The Labute approximate surface area is 136 Å². The molecule has 0 aliphatic carbocycles. The smallest absolute Gasteiger partial charge is 0.336 e. The van der Waals surface area contributed by atoms with E-state index in [0.29, 0.717) is 25.1 Å². The van der Waals surface area contributed by atoms with Crippen LogP contribution in [0.15, 0.2) is 24.3 Å². The Kier molecular flexibility index (Phi) is 5.74. The van der Waals surface area contributed by atoms with Crippen LogP contribution < -0.4 is 5.32 Å². The third-order valence-electron chi connectivity index (χ3n) is 4.53. The molecule has 0 radical (unpaired) electrons. The molecule has 1 amide bonds. The van der Waals surface area contributed by atoms with E-state index >= 15 is 0 Å². The molecule has 2 N–H and O–H groups in total. The van der Waals surface area contributed by atoms with Crippen molar-refractivity contribution in [3.05, 3.63) is 35.4 Å². The number of nitrogens with one attached hydrogen (secondary N) is 1. The minimum Gasteiger partial charge on any atom is -0.478 e. The molecule has 0 aromatic heterocycles. The van der Waals surface area contributed by atoms with Gasteiger partial charge in [0.25, 0.3) is 0 Å². The molecule has 2 rings (SSSR count). The van der Waals surface area contributed by atoms with Crippen LogP contribution in [-0.2, 0) is 16.1 Å². The largest absolute Gasteiger partial charge is 0.478 e. The van der Waals surface area contributed by atoms with Crippen LogP contribution in [0, 0.1) is 0 Å². The normalized spacial score (nSPS) is 21.3. The SMILES string of the molecule is CNC(=O)C[C@@]1(COC)CCCN1Cc1ccccc1C(=O)O. The van der Waals surface area contributed by atoms with E-state index in [9.17, 15) is 14.7 Å². The number of rotatable bonds is 7. The first-order valence-electron chi connectivity index (χ1n) is 7.78. The van der Waals surface area contributed by atoms with Crippen LogP contribution in [0.3, 0.4) is 0 Å². The van der Waals surface area contributed by atoms with E-state index in [1.807, 2.05) is 12.1 Å². The summed E-state index contributed by atoms with van der Waals surface area (Å²) >= 11 is 0. The Bertz CT molecular complexity index is 575. The second-order valence-corrected chi connectivity index (χ2v) is 5.99. The third kappa shape index (κ3) is 3.89. The number of carbonyl (C=O) groups excluding carboxylic acids is 1. The lowest BCUT2D eigenvalue weighted by molar-refractivity contribution is -0.124. The maximum absolute atomic E-state index is 11.9. The van der Waals surface area contributed by atoms with E-state index in [1.54, 1.807) is 26.3 Å². The monoisotopic (exact) mass is 320 g/mol. The molecule has 1 heterocycles. The summed E-state index contributed by atoms with van der Waals surface area (Å²) in [6.07, 6.45) is 2.19. The van der Waals surface area contributed by atoms with Crippen LogP contribution in [0.4, 0.5) is 0 Å². The van der Waals surface area contributed by atoms with Crippen LogP contribution in [0.2, 0.25) is 0 Å². The number of carboxylic acids is 1. The number of nitrogens with zero attached hydrogens (tertiary/aromatic N) is 1. The van der Waals surface area contributed by atoms with Gasteiger partial charge in [0, 0.05) is 27.1 Å². The first-order valence-corrected chi connectivity index (χ1v) is 7.78. The number of amides is 1. The summed E-state index contributed by atoms with van der Waals surface area (Å²) < 4.78 is 5.38. The number of methoxy groups -OCH3 is 1. The molecule has 1 aromatic rings. The Morgan fingerprint density at radius 1 is 1.39 bits per heavy atom. The molecule has 23 heavy (non-hydrogen) atoms. The van der Waals surface area contributed by atoms with Gasteiger partial charge in [-0.2, -0.15) is 0 Å². The number of aromatic carboxylic acids is 1. The van der Waals surface area contributed by atoms with Crippen LogP contribution in [0.5, 0.6) is 0 Å². The van der Waals surface area contributed by atoms with E-state index in [2.05, 4.69) is 10.2 Å². The van der Waals surface area contributed by atoms with Crippen LogP contribution >= 0.6 is 0 Å². The molecule has 1 aromatic carbocycles. The van der Waals surface area contributed by atoms with E-state index in [4.69, 9.17) is 4.74 Å². The number of likely N-dealkylation sites (tertiary alicyclic amines) is 1. The molecule has 1 fully saturated rings. The summed E-state index contributed by atoms with van der Waals surface area (Å²) in [5.41, 5.74) is 0.699. The van der Waals surface area contributed by atoms with Gasteiger partial charge >= 0.3 is 5.97 Å². The molecular weight excluding hydrogens is 296 g/mol.